The minimum atomic E-state index is 0.331. The molecule has 2 aromatic rings. The Balaban J connectivity index is 1.73. The lowest BCUT2D eigenvalue weighted by atomic mass is 10.1. The van der Waals surface area contributed by atoms with Gasteiger partial charge in [0.15, 0.2) is 0 Å². The zero-order valence-corrected chi connectivity index (χ0v) is 14.9. The van der Waals surface area contributed by atoms with E-state index in [2.05, 4.69) is 70.3 Å². The van der Waals surface area contributed by atoms with Crippen LogP contribution in [-0.4, -0.2) is 13.1 Å². The van der Waals surface area contributed by atoms with Crippen molar-refractivity contribution in [3.8, 4) is 0 Å². The molecule has 1 aliphatic rings. The van der Waals surface area contributed by atoms with E-state index in [0.717, 1.165) is 0 Å². The van der Waals surface area contributed by atoms with Crippen molar-refractivity contribution in [1.29, 1.82) is 0 Å². The van der Waals surface area contributed by atoms with Gasteiger partial charge < -0.3 is 10.2 Å². The van der Waals surface area contributed by atoms with Gasteiger partial charge >= 0.3 is 0 Å². The second-order valence-corrected chi connectivity index (χ2v) is 8.20. The monoisotopic (exact) mass is 364 g/mol. The highest BCUT2D eigenvalue weighted by Crippen LogP contribution is 2.31. The summed E-state index contributed by atoms with van der Waals surface area (Å²) < 4.78 is 1.19. The summed E-state index contributed by atoms with van der Waals surface area (Å²) in [6.07, 6.45) is 2.65. The summed E-state index contributed by atoms with van der Waals surface area (Å²) in [6, 6.07) is 11.4. The molecule has 1 aromatic carbocycles. The number of hydrogen-bond donors (Lipinski definition) is 1. The summed E-state index contributed by atoms with van der Waals surface area (Å²) >= 11 is 5.32. The van der Waals surface area contributed by atoms with Crippen LogP contribution in [0.3, 0.4) is 0 Å². The number of benzene rings is 1. The standard InChI is InChI=1S/C17H21BrN2S/c1-12-11-14(20-9-3-4-10-20)5-6-15(12)19-13(2)16-7-8-17(18)21-16/h5-8,11,13,19H,3-4,9-10H2,1-2H3. The quantitative estimate of drug-likeness (QED) is 0.760. The summed E-state index contributed by atoms with van der Waals surface area (Å²) in [6.45, 7) is 6.81. The first-order chi connectivity index (χ1) is 10.1. The molecule has 0 aliphatic carbocycles. The van der Waals surface area contributed by atoms with Crippen molar-refractivity contribution >= 4 is 38.6 Å². The molecular weight excluding hydrogens is 344 g/mol. The van der Waals surface area contributed by atoms with Gasteiger partial charge in [-0.1, -0.05) is 0 Å². The molecule has 0 radical (unpaired) electrons. The van der Waals surface area contributed by atoms with Gasteiger partial charge in [0.1, 0.15) is 0 Å². The van der Waals surface area contributed by atoms with Crippen LogP contribution in [0, 0.1) is 6.92 Å². The molecule has 0 amide bonds. The van der Waals surface area contributed by atoms with E-state index in [1.165, 1.54) is 51.5 Å². The highest BCUT2D eigenvalue weighted by molar-refractivity contribution is 9.11. The van der Waals surface area contributed by atoms with Crippen molar-refractivity contribution in [2.75, 3.05) is 23.3 Å². The highest BCUT2D eigenvalue weighted by atomic mass is 79.9. The van der Waals surface area contributed by atoms with Gasteiger partial charge in [0, 0.05) is 29.3 Å². The van der Waals surface area contributed by atoms with Gasteiger partial charge in [0.05, 0.1) is 9.83 Å². The fourth-order valence-corrected chi connectivity index (χ4v) is 4.27. The lowest BCUT2D eigenvalue weighted by Crippen LogP contribution is -2.17. The molecule has 1 aromatic heterocycles. The molecule has 2 heterocycles. The van der Waals surface area contributed by atoms with E-state index in [4.69, 9.17) is 0 Å². The first-order valence-corrected chi connectivity index (χ1v) is 9.12. The van der Waals surface area contributed by atoms with Crippen LogP contribution >= 0.6 is 27.3 Å². The van der Waals surface area contributed by atoms with Crippen molar-refractivity contribution in [2.45, 2.75) is 32.7 Å². The lowest BCUT2D eigenvalue weighted by Gasteiger charge is -2.21. The average Bonchev–Trinajstić information content (AvgIpc) is 3.12. The van der Waals surface area contributed by atoms with Crippen molar-refractivity contribution in [3.63, 3.8) is 0 Å². The molecule has 4 heteroatoms. The van der Waals surface area contributed by atoms with Crippen molar-refractivity contribution in [2.24, 2.45) is 0 Å². The van der Waals surface area contributed by atoms with Crippen LogP contribution < -0.4 is 10.2 Å². The molecule has 0 bridgehead atoms. The van der Waals surface area contributed by atoms with Gasteiger partial charge in [-0.15, -0.1) is 11.3 Å². The summed E-state index contributed by atoms with van der Waals surface area (Å²) in [4.78, 5) is 3.83. The van der Waals surface area contributed by atoms with E-state index in [9.17, 15) is 0 Å². The van der Waals surface area contributed by atoms with Gasteiger partial charge in [-0.3, -0.25) is 0 Å². The first kappa shape index (κ1) is 14.9. The normalized spacial score (nSPS) is 16.2. The number of hydrogen-bond acceptors (Lipinski definition) is 3. The van der Waals surface area contributed by atoms with Gasteiger partial charge in [-0.25, -0.2) is 0 Å². The van der Waals surface area contributed by atoms with E-state index < -0.39 is 0 Å². The van der Waals surface area contributed by atoms with Crippen LogP contribution in [-0.2, 0) is 0 Å². The molecule has 1 unspecified atom stereocenters. The van der Waals surface area contributed by atoms with Crippen LogP contribution in [0.2, 0.25) is 0 Å². The van der Waals surface area contributed by atoms with E-state index in [-0.39, 0.29) is 0 Å². The maximum Gasteiger partial charge on any atom is 0.0702 e. The Morgan fingerprint density at radius 1 is 1.19 bits per heavy atom. The molecule has 1 N–H and O–H groups in total. The number of thiophene rings is 1. The number of rotatable bonds is 4. The fraction of sp³-hybridized carbons (Fsp3) is 0.412. The summed E-state index contributed by atoms with van der Waals surface area (Å²) in [7, 11) is 0. The minimum Gasteiger partial charge on any atom is -0.377 e. The Labute approximate surface area is 139 Å². The van der Waals surface area contributed by atoms with Crippen LogP contribution in [0.1, 0.15) is 36.2 Å². The van der Waals surface area contributed by atoms with Crippen molar-refractivity contribution in [3.05, 3.63) is 44.6 Å². The highest BCUT2D eigenvalue weighted by Gasteiger charge is 2.14. The predicted molar refractivity (Wildman–Crippen MR) is 96.7 cm³/mol. The van der Waals surface area contributed by atoms with Crippen molar-refractivity contribution in [1.82, 2.24) is 0 Å². The Morgan fingerprint density at radius 3 is 2.57 bits per heavy atom. The van der Waals surface area contributed by atoms with Gasteiger partial charge in [0.25, 0.3) is 0 Å². The van der Waals surface area contributed by atoms with Crippen molar-refractivity contribution < 1.29 is 0 Å². The zero-order chi connectivity index (χ0) is 14.8. The smallest absolute Gasteiger partial charge is 0.0702 e. The molecule has 0 spiro atoms. The number of nitrogens with zero attached hydrogens (tertiary/aromatic N) is 1. The summed E-state index contributed by atoms with van der Waals surface area (Å²) in [5.41, 5.74) is 3.92. The third kappa shape index (κ3) is 3.43. The van der Waals surface area contributed by atoms with Crippen LogP contribution in [0.5, 0.6) is 0 Å². The molecule has 112 valence electrons. The van der Waals surface area contributed by atoms with Gasteiger partial charge in [0.2, 0.25) is 0 Å². The van der Waals surface area contributed by atoms with Crippen LogP contribution in [0.4, 0.5) is 11.4 Å². The maximum atomic E-state index is 3.63. The molecule has 0 saturated carbocycles. The predicted octanol–water partition coefficient (Wildman–Crippen LogP) is 5.59. The second-order valence-electron chi connectivity index (χ2n) is 5.70. The van der Waals surface area contributed by atoms with Gasteiger partial charge in [-0.05, 0) is 78.5 Å². The topological polar surface area (TPSA) is 15.3 Å². The Hall–Kier alpha value is -1.000. The molecule has 1 aliphatic heterocycles. The second kappa shape index (κ2) is 6.41. The minimum absolute atomic E-state index is 0.331. The first-order valence-electron chi connectivity index (χ1n) is 7.51. The molecule has 2 nitrogen and oxygen atoms in total. The van der Waals surface area contributed by atoms with Crippen LogP contribution in [0.25, 0.3) is 0 Å². The molecule has 21 heavy (non-hydrogen) atoms. The summed E-state index contributed by atoms with van der Waals surface area (Å²) in [5, 5.41) is 3.63. The lowest BCUT2D eigenvalue weighted by molar-refractivity contribution is 0.904. The third-order valence-electron chi connectivity index (χ3n) is 4.07. The molecule has 1 atom stereocenters. The Morgan fingerprint density at radius 2 is 1.95 bits per heavy atom. The molecule has 1 fully saturated rings. The number of aryl methyl sites for hydroxylation is 1. The number of nitrogens with one attached hydrogen (secondary N) is 1. The van der Waals surface area contributed by atoms with E-state index >= 15 is 0 Å². The fourth-order valence-electron chi connectivity index (χ4n) is 2.85. The summed E-state index contributed by atoms with van der Waals surface area (Å²) in [5.74, 6) is 0. The Kier molecular flexibility index (Phi) is 4.55. The average molecular weight is 365 g/mol. The molecule has 3 rings (SSSR count). The van der Waals surface area contributed by atoms with Crippen LogP contribution in [0.15, 0.2) is 34.1 Å². The Bertz CT molecular complexity index is 617. The van der Waals surface area contributed by atoms with E-state index in [1.807, 2.05) is 0 Å². The molecule has 1 saturated heterocycles. The van der Waals surface area contributed by atoms with E-state index in [0.29, 0.717) is 6.04 Å². The van der Waals surface area contributed by atoms with Gasteiger partial charge in [-0.2, -0.15) is 0 Å². The number of halogens is 1. The SMILES string of the molecule is Cc1cc(N2CCCC2)ccc1NC(C)c1ccc(Br)s1. The maximum absolute atomic E-state index is 3.63. The number of anilines is 2. The zero-order valence-electron chi connectivity index (χ0n) is 12.5. The molecular formula is C17H21BrN2S. The third-order valence-corrected chi connectivity index (χ3v) is 5.88. The van der Waals surface area contributed by atoms with E-state index in [1.54, 1.807) is 11.3 Å². The largest absolute Gasteiger partial charge is 0.377 e.